The third-order valence-electron chi connectivity index (χ3n) is 5.05. The highest BCUT2D eigenvalue weighted by molar-refractivity contribution is 5.93. The van der Waals surface area contributed by atoms with Gasteiger partial charge in [0.2, 0.25) is 0 Å². The monoisotopic (exact) mass is 374 g/mol. The molecule has 1 fully saturated rings. The van der Waals surface area contributed by atoms with Gasteiger partial charge in [-0.05, 0) is 48.6 Å². The van der Waals surface area contributed by atoms with E-state index in [2.05, 4.69) is 27.1 Å². The highest BCUT2D eigenvalue weighted by atomic mass is 16.5. The van der Waals surface area contributed by atoms with E-state index in [1.54, 1.807) is 25.7 Å². The quantitative estimate of drug-likeness (QED) is 0.686. The van der Waals surface area contributed by atoms with Crippen molar-refractivity contribution in [1.82, 2.24) is 19.9 Å². The molecule has 6 nitrogen and oxygen atoms in total. The van der Waals surface area contributed by atoms with Crippen LogP contribution in [0.2, 0.25) is 0 Å². The lowest BCUT2D eigenvalue weighted by Gasteiger charge is -2.16. The van der Waals surface area contributed by atoms with Crippen LogP contribution in [-0.2, 0) is 6.42 Å². The summed E-state index contributed by atoms with van der Waals surface area (Å²) >= 11 is 0. The van der Waals surface area contributed by atoms with Gasteiger partial charge in [0.1, 0.15) is 11.4 Å². The van der Waals surface area contributed by atoms with E-state index < -0.39 is 0 Å². The average Bonchev–Trinajstić information content (AvgIpc) is 3.23. The van der Waals surface area contributed by atoms with Gasteiger partial charge >= 0.3 is 0 Å². The fraction of sp³-hybridized carbons (Fsp3) is 0.273. The van der Waals surface area contributed by atoms with Gasteiger partial charge in [-0.1, -0.05) is 18.2 Å². The van der Waals surface area contributed by atoms with Crippen LogP contribution in [0.4, 0.5) is 0 Å². The number of amides is 1. The lowest BCUT2D eigenvalue weighted by Crippen LogP contribution is -2.29. The van der Waals surface area contributed by atoms with Gasteiger partial charge in [0.25, 0.3) is 5.91 Å². The van der Waals surface area contributed by atoms with Crippen LogP contribution in [0.25, 0.3) is 11.5 Å². The van der Waals surface area contributed by atoms with E-state index in [1.165, 1.54) is 5.56 Å². The van der Waals surface area contributed by atoms with E-state index in [0.29, 0.717) is 23.0 Å². The van der Waals surface area contributed by atoms with Crippen LogP contribution in [0.15, 0.2) is 61.1 Å². The molecule has 0 aliphatic carbocycles. The normalized spacial score (nSPS) is 16.2. The first-order valence-electron chi connectivity index (χ1n) is 9.38. The third-order valence-corrected chi connectivity index (χ3v) is 5.05. The van der Waals surface area contributed by atoms with Crippen LogP contribution in [0, 0.1) is 5.92 Å². The summed E-state index contributed by atoms with van der Waals surface area (Å²) in [5.41, 5.74) is 2.48. The predicted octanol–water partition coefficient (Wildman–Crippen LogP) is 3.25. The number of pyridine rings is 1. The molecule has 1 aliphatic heterocycles. The van der Waals surface area contributed by atoms with E-state index in [9.17, 15) is 4.79 Å². The van der Waals surface area contributed by atoms with Crippen molar-refractivity contribution in [2.75, 3.05) is 20.2 Å². The number of carbonyl (C=O) groups excluding carboxylic acids is 1. The molecule has 3 heterocycles. The minimum absolute atomic E-state index is 0.00944. The smallest absolute Gasteiger partial charge is 0.257 e. The Kier molecular flexibility index (Phi) is 5.28. The molecule has 2 aromatic heterocycles. The summed E-state index contributed by atoms with van der Waals surface area (Å²) < 4.78 is 5.20. The second-order valence-electron chi connectivity index (χ2n) is 6.97. The van der Waals surface area contributed by atoms with Crippen LogP contribution >= 0.6 is 0 Å². The number of carbonyl (C=O) groups is 1. The SMILES string of the molecule is COc1ccc(CC2CCN(C(=O)c3cnc(-c4ccccn4)nc3)C2)cc1. The fourth-order valence-electron chi connectivity index (χ4n) is 3.53. The summed E-state index contributed by atoms with van der Waals surface area (Å²) in [6.45, 7) is 1.52. The molecule has 28 heavy (non-hydrogen) atoms. The first-order valence-corrected chi connectivity index (χ1v) is 9.38. The molecule has 3 aromatic rings. The van der Waals surface area contributed by atoms with Crippen LogP contribution < -0.4 is 4.74 Å². The summed E-state index contributed by atoms with van der Waals surface area (Å²) in [5, 5.41) is 0. The molecule has 1 amide bonds. The number of ether oxygens (including phenoxy) is 1. The predicted molar refractivity (Wildman–Crippen MR) is 106 cm³/mol. The van der Waals surface area contributed by atoms with Gasteiger partial charge in [-0.25, -0.2) is 9.97 Å². The summed E-state index contributed by atoms with van der Waals surface area (Å²) in [6.07, 6.45) is 6.85. The fourth-order valence-corrected chi connectivity index (χ4v) is 3.53. The summed E-state index contributed by atoms with van der Waals surface area (Å²) in [4.78, 5) is 27.5. The molecule has 0 saturated carbocycles. The van der Waals surface area contributed by atoms with E-state index in [1.807, 2.05) is 35.2 Å². The average molecular weight is 374 g/mol. The summed E-state index contributed by atoms with van der Waals surface area (Å²) in [7, 11) is 1.67. The molecular weight excluding hydrogens is 352 g/mol. The highest BCUT2D eigenvalue weighted by Gasteiger charge is 2.27. The number of rotatable bonds is 5. The maximum absolute atomic E-state index is 12.8. The van der Waals surface area contributed by atoms with Gasteiger partial charge in [-0.2, -0.15) is 0 Å². The van der Waals surface area contributed by atoms with Crippen molar-refractivity contribution in [3.63, 3.8) is 0 Å². The molecular formula is C22H22N4O2. The largest absolute Gasteiger partial charge is 0.497 e. The van der Waals surface area contributed by atoms with E-state index >= 15 is 0 Å². The first-order chi connectivity index (χ1) is 13.7. The van der Waals surface area contributed by atoms with Crippen LogP contribution in [0.1, 0.15) is 22.3 Å². The molecule has 6 heteroatoms. The van der Waals surface area contributed by atoms with Crippen molar-refractivity contribution < 1.29 is 9.53 Å². The van der Waals surface area contributed by atoms with Gasteiger partial charge in [0.05, 0.1) is 12.7 Å². The highest BCUT2D eigenvalue weighted by Crippen LogP contribution is 2.23. The van der Waals surface area contributed by atoms with Crippen molar-refractivity contribution >= 4 is 5.91 Å². The van der Waals surface area contributed by atoms with Crippen molar-refractivity contribution in [3.8, 4) is 17.3 Å². The molecule has 1 aromatic carbocycles. The van der Waals surface area contributed by atoms with E-state index in [4.69, 9.17) is 4.74 Å². The minimum Gasteiger partial charge on any atom is -0.497 e. The third kappa shape index (κ3) is 4.01. The van der Waals surface area contributed by atoms with Gasteiger partial charge < -0.3 is 9.64 Å². The maximum atomic E-state index is 12.8. The standard InChI is InChI=1S/C22H22N4O2/c1-28-19-7-5-16(6-8-19)12-17-9-11-26(15-17)22(27)18-13-24-21(25-14-18)20-4-2-3-10-23-20/h2-8,10,13-14,17H,9,11-12,15H2,1H3. The van der Waals surface area contributed by atoms with Gasteiger partial charge in [-0.15, -0.1) is 0 Å². The van der Waals surface area contributed by atoms with Gasteiger partial charge in [-0.3, -0.25) is 9.78 Å². The molecule has 4 rings (SSSR count). The van der Waals surface area contributed by atoms with E-state index in [-0.39, 0.29) is 5.91 Å². The zero-order valence-corrected chi connectivity index (χ0v) is 15.8. The first kappa shape index (κ1) is 18.1. The molecule has 0 radical (unpaired) electrons. The zero-order valence-electron chi connectivity index (χ0n) is 15.8. The van der Waals surface area contributed by atoms with Crippen molar-refractivity contribution in [2.45, 2.75) is 12.8 Å². The second-order valence-corrected chi connectivity index (χ2v) is 6.97. The molecule has 0 spiro atoms. The van der Waals surface area contributed by atoms with Crippen molar-refractivity contribution in [1.29, 1.82) is 0 Å². The van der Waals surface area contributed by atoms with Gasteiger partial charge in [0.15, 0.2) is 5.82 Å². The van der Waals surface area contributed by atoms with Crippen molar-refractivity contribution in [3.05, 3.63) is 72.2 Å². The molecule has 1 aliphatic rings. The van der Waals surface area contributed by atoms with Gasteiger partial charge in [0, 0.05) is 31.7 Å². The Morgan fingerprint density at radius 3 is 2.57 bits per heavy atom. The Balaban J connectivity index is 1.37. The van der Waals surface area contributed by atoms with Crippen LogP contribution in [0.3, 0.4) is 0 Å². The zero-order chi connectivity index (χ0) is 19.3. The lowest BCUT2D eigenvalue weighted by atomic mass is 9.99. The number of likely N-dealkylation sites (tertiary alicyclic amines) is 1. The topological polar surface area (TPSA) is 68.2 Å². The number of aromatic nitrogens is 3. The second kappa shape index (κ2) is 8.17. The van der Waals surface area contributed by atoms with Crippen LogP contribution in [-0.4, -0.2) is 46.0 Å². The minimum atomic E-state index is -0.00944. The lowest BCUT2D eigenvalue weighted by molar-refractivity contribution is 0.0786. The molecule has 1 saturated heterocycles. The Hall–Kier alpha value is -3.28. The summed E-state index contributed by atoms with van der Waals surface area (Å²) in [6, 6.07) is 13.7. The number of benzene rings is 1. The Morgan fingerprint density at radius 2 is 1.89 bits per heavy atom. The number of methoxy groups -OCH3 is 1. The molecule has 0 N–H and O–H groups in total. The summed E-state index contributed by atoms with van der Waals surface area (Å²) in [5.74, 6) is 1.84. The molecule has 1 atom stereocenters. The van der Waals surface area contributed by atoms with Crippen molar-refractivity contribution in [2.24, 2.45) is 5.92 Å². The molecule has 1 unspecified atom stereocenters. The van der Waals surface area contributed by atoms with E-state index in [0.717, 1.165) is 31.7 Å². The Labute approximate surface area is 164 Å². The Bertz CT molecular complexity index is 927. The Morgan fingerprint density at radius 1 is 1.11 bits per heavy atom. The van der Waals surface area contributed by atoms with Crippen LogP contribution in [0.5, 0.6) is 5.75 Å². The number of hydrogen-bond acceptors (Lipinski definition) is 5. The molecule has 0 bridgehead atoms. The molecule has 142 valence electrons. The maximum Gasteiger partial charge on any atom is 0.257 e. The number of nitrogens with zero attached hydrogens (tertiary/aromatic N) is 4. The number of hydrogen-bond donors (Lipinski definition) is 0.